The Hall–Kier alpha value is -3.61. The lowest BCUT2D eigenvalue weighted by atomic mass is 9.94. The molecule has 2 fully saturated rings. The highest BCUT2D eigenvalue weighted by Crippen LogP contribution is 2.46. The van der Waals surface area contributed by atoms with Crippen molar-refractivity contribution in [3.8, 4) is 5.69 Å². The molecule has 1 N–H and O–H groups in total. The Balaban J connectivity index is 1.41. The first kappa shape index (κ1) is 23.1. The van der Waals surface area contributed by atoms with Crippen LogP contribution in [0.2, 0.25) is 0 Å². The second kappa shape index (κ2) is 7.70. The third kappa shape index (κ3) is 3.70. The summed E-state index contributed by atoms with van der Waals surface area (Å²) in [5.74, 6) is -2.77. The van der Waals surface area contributed by atoms with E-state index in [1.54, 1.807) is 0 Å². The number of hydrogen-bond acceptors (Lipinski definition) is 7. The van der Waals surface area contributed by atoms with E-state index in [2.05, 4.69) is 20.2 Å². The van der Waals surface area contributed by atoms with E-state index in [-0.39, 0.29) is 17.3 Å². The van der Waals surface area contributed by atoms with Crippen LogP contribution in [-0.2, 0) is 5.60 Å². The maximum absolute atomic E-state index is 15.9. The molecule has 0 unspecified atom stereocenters. The fourth-order valence-electron chi connectivity index (χ4n) is 4.60. The van der Waals surface area contributed by atoms with Gasteiger partial charge in [-0.2, -0.15) is 15.0 Å². The highest BCUT2D eigenvalue weighted by Gasteiger charge is 2.67. The summed E-state index contributed by atoms with van der Waals surface area (Å²) < 4.78 is 60.6. The molecule has 2 atom stereocenters. The lowest BCUT2D eigenvalue weighted by Gasteiger charge is -2.24. The van der Waals surface area contributed by atoms with Gasteiger partial charge < -0.3 is 14.9 Å². The monoisotopic (exact) mass is 491 g/mol. The number of aromatic nitrogens is 5. The molecule has 0 bridgehead atoms. The third-order valence-electron chi connectivity index (χ3n) is 6.29. The van der Waals surface area contributed by atoms with Gasteiger partial charge in [-0.05, 0) is 26.0 Å². The SMILES string of the molecule is CC(C)(O)c1nc(N2C[C@]3(F)CN(C(=O)c4c(F)cccc4-n4nccn4)C[C@]3(F)C2)ncc1F. The summed E-state index contributed by atoms with van der Waals surface area (Å²) in [6.45, 7) is 0.336. The first-order valence-corrected chi connectivity index (χ1v) is 10.7. The van der Waals surface area contributed by atoms with Gasteiger partial charge in [0.15, 0.2) is 17.2 Å². The van der Waals surface area contributed by atoms with E-state index in [0.29, 0.717) is 0 Å². The predicted molar refractivity (Wildman–Crippen MR) is 114 cm³/mol. The van der Waals surface area contributed by atoms with Crippen LogP contribution in [-0.4, -0.2) is 78.4 Å². The van der Waals surface area contributed by atoms with Gasteiger partial charge in [0, 0.05) is 0 Å². The second-order valence-corrected chi connectivity index (χ2v) is 9.33. The number of nitrogens with zero attached hydrogens (tertiary/aromatic N) is 7. The molecular weight excluding hydrogens is 470 g/mol. The summed E-state index contributed by atoms with van der Waals surface area (Å²) in [5.41, 5.74) is -7.32. The van der Waals surface area contributed by atoms with Crippen LogP contribution in [0.3, 0.4) is 0 Å². The predicted octanol–water partition coefficient (Wildman–Crippen LogP) is 1.96. The fraction of sp³-hybridized carbons (Fsp3) is 0.409. The Morgan fingerprint density at radius 3 is 2.26 bits per heavy atom. The number of fused-ring (bicyclic) bond motifs is 1. The molecule has 2 aliphatic rings. The molecule has 2 aliphatic heterocycles. The number of carbonyl (C=O) groups is 1. The minimum Gasteiger partial charge on any atom is -0.384 e. The maximum atomic E-state index is 15.9. The van der Waals surface area contributed by atoms with E-state index < -0.39 is 66.2 Å². The Kier molecular flexibility index (Phi) is 5.09. The number of amides is 1. The molecule has 0 saturated carbocycles. The minimum atomic E-state index is -2.51. The fourth-order valence-corrected chi connectivity index (χ4v) is 4.60. The Labute approximate surface area is 197 Å². The average Bonchev–Trinajstić information content (AvgIpc) is 3.45. The number of carbonyl (C=O) groups excluding carboxylic acids is 1. The van der Waals surface area contributed by atoms with E-state index in [1.807, 2.05) is 0 Å². The van der Waals surface area contributed by atoms with Gasteiger partial charge in [0.1, 0.15) is 28.4 Å². The molecule has 9 nitrogen and oxygen atoms in total. The van der Waals surface area contributed by atoms with Crippen LogP contribution in [0.1, 0.15) is 29.9 Å². The van der Waals surface area contributed by atoms with Crippen LogP contribution in [0, 0.1) is 11.6 Å². The minimum absolute atomic E-state index is 0.0402. The van der Waals surface area contributed by atoms with Crippen LogP contribution in [0.5, 0.6) is 0 Å². The Morgan fingerprint density at radius 2 is 1.66 bits per heavy atom. The van der Waals surface area contributed by atoms with Crippen molar-refractivity contribution in [1.82, 2.24) is 29.9 Å². The first-order valence-electron chi connectivity index (χ1n) is 10.7. The number of hydrogen-bond donors (Lipinski definition) is 1. The molecule has 13 heteroatoms. The van der Waals surface area contributed by atoms with Crippen molar-refractivity contribution in [2.24, 2.45) is 0 Å². The van der Waals surface area contributed by atoms with Crippen LogP contribution in [0.25, 0.3) is 5.69 Å². The zero-order valence-corrected chi connectivity index (χ0v) is 18.8. The molecule has 35 heavy (non-hydrogen) atoms. The van der Waals surface area contributed by atoms with Gasteiger partial charge in [0.2, 0.25) is 5.95 Å². The zero-order valence-electron chi connectivity index (χ0n) is 18.8. The summed E-state index contributed by atoms with van der Waals surface area (Å²) >= 11 is 0. The smallest absolute Gasteiger partial charge is 0.259 e. The molecule has 0 spiro atoms. The number of benzene rings is 1. The molecule has 1 aromatic carbocycles. The standard InChI is InChI=1S/C22H21F4N7O2/c1-20(2,35)17-14(24)8-27-19(30-17)32-11-21(25)9-31(10-22(21,26)12-32)18(34)16-13(23)4-3-5-15(16)33-28-6-7-29-33/h3-8,35H,9-12H2,1-2H3/t21-,22+. The van der Waals surface area contributed by atoms with Crippen molar-refractivity contribution in [3.05, 3.63) is 59.7 Å². The maximum Gasteiger partial charge on any atom is 0.259 e. The van der Waals surface area contributed by atoms with Crippen molar-refractivity contribution in [2.45, 2.75) is 30.8 Å². The third-order valence-corrected chi connectivity index (χ3v) is 6.29. The molecular formula is C22H21F4N7O2. The summed E-state index contributed by atoms with van der Waals surface area (Å²) in [7, 11) is 0. The molecule has 2 aromatic heterocycles. The van der Waals surface area contributed by atoms with E-state index in [4.69, 9.17) is 0 Å². The molecule has 3 aromatic rings. The van der Waals surface area contributed by atoms with E-state index in [0.717, 1.165) is 22.0 Å². The van der Waals surface area contributed by atoms with Gasteiger partial charge in [-0.15, -0.1) is 0 Å². The van der Waals surface area contributed by atoms with Gasteiger partial charge in [0.25, 0.3) is 5.91 Å². The van der Waals surface area contributed by atoms with Crippen molar-refractivity contribution in [3.63, 3.8) is 0 Å². The van der Waals surface area contributed by atoms with Crippen LogP contribution in [0.15, 0.2) is 36.8 Å². The van der Waals surface area contributed by atoms with Gasteiger partial charge in [-0.1, -0.05) is 6.07 Å². The topological polar surface area (TPSA) is 100 Å². The summed E-state index contributed by atoms with van der Waals surface area (Å²) in [5, 5.41) is 18.0. The summed E-state index contributed by atoms with van der Waals surface area (Å²) in [6, 6.07) is 3.87. The molecule has 4 heterocycles. The molecule has 1 amide bonds. The Bertz CT molecular complexity index is 1280. The normalized spacial score (nSPS) is 24.2. The zero-order chi connectivity index (χ0) is 25.2. The molecule has 2 saturated heterocycles. The molecule has 184 valence electrons. The van der Waals surface area contributed by atoms with Crippen LogP contribution < -0.4 is 4.90 Å². The Morgan fingerprint density at radius 1 is 1.03 bits per heavy atom. The van der Waals surface area contributed by atoms with Crippen LogP contribution in [0.4, 0.5) is 23.5 Å². The summed E-state index contributed by atoms with van der Waals surface area (Å²) in [6.07, 6.45) is 3.53. The van der Waals surface area contributed by atoms with E-state index in [1.165, 1.54) is 43.3 Å². The number of anilines is 1. The van der Waals surface area contributed by atoms with Gasteiger partial charge >= 0.3 is 0 Å². The number of likely N-dealkylation sites (tertiary alicyclic amines) is 1. The van der Waals surface area contributed by atoms with Crippen molar-refractivity contribution in [2.75, 3.05) is 31.1 Å². The van der Waals surface area contributed by atoms with E-state index >= 15 is 8.78 Å². The highest BCUT2D eigenvalue weighted by molar-refractivity contribution is 5.98. The second-order valence-electron chi connectivity index (χ2n) is 9.33. The number of halogens is 4. The highest BCUT2D eigenvalue weighted by atomic mass is 19.2. The van der Waals surface area contributed by atoms with E-state index in [9.17, 15) is 18.7 Å². The van der Waals surface area contributed by atoms with Gasteiger partial charge in [0.05, 0.1) is 44.8 Å². The molecule has 5 rings (SSSR count). The molecule has 0 radical (unpaired) electrons. The van der Waals surface area contributed by atoms with Gasteiger partial charge in [-0.25, -0.2) is 27.5 Å². The molecule has 0 aliphatic carbocycles. The largest absolute Gasteiger partial charge is 0.384 e. The first-order chi connectivity index (χ1) is 16.4. The number of aliphatic hydroxyl groups is 1. The summed E-state index contributed by atoms with van der Waals surface area (Å²) in [4.78, 5) is 24.2. The number of alkyl halides is 2. The quantitative estimate of drug-likeness (QED) is 0.557. The van der Waals surface area contributed by atoms with Crippen molar-refractivity contribution >= 4 is 11.9 Å². The lowest BCUT2D eigenvalue weighted by Crippen LogP contribution is -2.44. The number of rotatable bonds is 4. The van der Waals surface area contributed by atoms with Crippen molar-refractivity contribution < 1.29 is 27.5 Å². The van der Waals surface area contributed by atoms with Crippen molar-refractivity contribution in [1.29, 1.82) is 0 Å². The van der Waals surface area contributed by atoms with Crippen LogP contribution >= 0.6 is 0 Å². The van der Waals surface area contributed by atoms with Gasteiger partial charge in [-0.3, -0.25) is 4.79 Å². The average molecular weight is 491 g/mol. The lowest BCUT2D eigenvalue weighted by molar-refractivity contribution is 0.0491.